The van der Waals surface area contributed by atoms with Gasteiger partial charge in [0.05, 0.1) is 0 Å². The predicted molar refractivity (Wildman–Crippen MR) is 96.3 cm³/mol. The summed E-state index contributed by atoms with van der Waals surface area (Å²) in [7, 11) is 0. The Morgan fingerprint density at radius 2 is 1.65 bits per heavy atom. The zero-order valence-corrected chi connectivity index (χ0v) is 12.9. The highest BCUT2D eigenvalue weighted by Crippen LogP contribution is 2.18. The molecule has 23 heavy (non-hydrogen) atoms. The van der Waals surface area contributed by atoms with Crippen molar-refractivity contribution in [1.29, 1.82) is 0 Å². The van der Waals surface area contributed by atoms with Gasteiger partial charge in [-0.3, -0.25) is 0 Å². The highest BCUT2D eigenvalue weighted by molar-refractivity contribution is 5.94. The molecule has 0 fully saturated rings. The summed E-state index contributed by atoms with van der Waals surface area (Å²) in [6, 6.07) is 21.7. The number of urea groups is 1. The topological polar surface area (TPSA) is 41.1 Å². The predicted octanol–water partition coefficient (Wildman–Crippen LogP) is 4.94. The monoisotopic (exact) mass is 302 g/mol. The minimum atomic E-state index is -0.261. The van der Waals surface area contributed by atoms with Crippen molar-refractivity contribution in [3.63, 3.8) is 0 Å². The summed E-state index contributed by atoms with van der Waals surface area (Å²) in [5.74, 6) is 0. The molecule has 0 spiro atoms. The molecule has 3 nitrogen and oxygen atoms in total. The van der Waals surface area contributed by atoms with E-state index in [2.05, 4.69) is 10.6 Å². The number of rotatable bonds is 3. The minimum absolute atomic E-state index is 0.261. The first-order chi connectivity index (χ1) is 11.2. The molecule has 0 bridgehead atoms. The van der Waals surface area contributed by atoms with Crippen molar-refractivity contribution in [3.05, 3.63) is 84.1 Å². The molecule has 0 radical (unpaired) electrons. The van der Waals surface area contributed by atoms with Gasteiger partial charge in [0.1, 0.15) is 0 Å². The highest BCUT2D eigenvalue weighted by atomic mass is 16.2. The average molecular weight is 302 g/mol. The van der Waals surface area contributed by atoms with Crippen LogP contribution in [0.4, 0.5) is 10.5 Å². The molecule has 114 valence electrons. The largest absolute Gasteiger partial charge is 0.323 e. The van der Waals surface area contributed by atoms with Crippen LogP contribution in [0.5, 0.6) is 0 Å². The van der Waals surface area contributed by atoms with E-state index in [9.17, 15) is 4.79 Å². The van der Waals surface area contributed by atoms with Gasteiger partial charge >= 0.3 is 6.03 Å². The molecule has 3 heteroatoms. The average Bonchev–Trinajstić information content (AvgIpc) is 2.56. The summed E-state index contributed by atoms with van der Waals surface area (Å²) in [5, 5.41) is 7.79. The number of carbonyl (C=O) groups excluding carboxylic acids is 1. The molecule has 0 aliphatic heterocycles. The Bertz CT molecular complexity index is 851. The second kappa shape index (κ2) is 6.79. The number of fused-ring (bicyclic) bond motifs is 1. The lowest BCUT2D eigenvalue weighted by Gasteiger charge is -2.06. The standard InChI is InChI=1S/C20H18N2O/c1-15-6-8-16(9-7-15)12-13-21-20(23)22-19-11-10-17-4-2-3-5-18(17)14-19/h2-14H,1H3,(H2,21,22,23)/b13-12+. The SMILES string of the molecule is Cc1ccc(/C=C/NC(=O)Nc2ccc3ccccc3c2)cc1. The van der Waals surface area contributed by atoms with Crippen LogP contribution in [-0.2, 0) is 0 Å². The van der Waals surface area contributed by atoms with Crippen molar-refractivity contribution in [2.75, 3.05) is 5.32 Å². The Morgan fingerprint density at radius 3 is 2.43 bits per heavy atom. The van der Waals surface area contributed by atoms with Gasteiger partial charge in [-0.05, 0) is 41.5 Å². The van der Waals surface area contributed by atoms with Crippen LogP contribution >= 0.6 is 0 Å². The lowest BCUT2D eigenvalue weighted by Crippen LogP contribution is -2.23. The molecule has 2 N–H and O–H groups in total. The van der Waals surface area contributed by atoms with E-state index in [0.717, 1.165) is 22.0 Å². The third-order valence-corrected chi connectivity index (χ3v) is 3.57. The Morgan fingerprint density at radius 1 is 0.913 bits per heavy atom. The minimum Gasteiger partial charge on any atom is -0.314 e. The molecule has 0 aromatic heterocycles. The lowest BCUT2D eigenvalue weighted by molar-refractivity contribution is 0.255. The van der Waals surface area contributed by atoms with Gasteiger partial charge in [-0.15, -0.1) is 0 Å². The van der Waals surface area contributed by atoms with Gasteiger partial charge < -0.3 is 10.6 Å². The van der Waals surface area contributed by atoms with E-state index in [1.54, 1.807) is 6.20 Å². The van der Waals surface area contributed by atoms with Crippen LogP contribution in [0.2, 0.25) is 0 Å². The maximum Gasteiger partial charge on any atom is 0.323 e. The zero-order valence-electron chi connectivity index (χ0n) is 12.9. The number of aryl methyl sites for hydroxylation is 1. The fraction of sp³-hybridized carbons (Fsp3) is 0.0500. The van der Waals surface area contributed by atoms with Crippen LogP contribution in [0.25, 0.3) is 16.8 Å². The molecule has 0 aliphatic rings. The van der Waals surface area contributed by atoms with Crippen LogP contribution in [0.15, 0.2) is 72.9 Å². The zero-order chi connectivity index (χ0) is 16.1. The Labute approximate surface area is 135 Å². The molecule has 3 aromatic rings. The summed E-state index contributed by atoms with van der Waals surface area (Å²) in [5.41, 5.74) is 3.02. The van der Waals surface area contributed by atoms with Gasteiger partial charge in [0.15, 0.2) is 0 Å². The van der Waals surface area contributed by atoms with E-state index >= 15 is 0 Å². The lowest BCUT2D eigenvalue weighted by atomic mass is 10.1. The van der Waals surface area contributed by atoms with Gasteiger partial charge in [0.2, 0.25) is 0 Å². The first kappa shape index (κ1) is 14.9. The normalized spacial score (nSPS) is 10.8. The van der Waals surface area contributed by atoms with Gasteiger partial charge in [0, 0.05) is 11.9 Å². The van der Waals surface area contributed by atoms with Crippen LogP contribution < -0.4 is 10.6 Å². The number of carbonyl (C=O) groups is 1. The first-order valence-electron chi connectivity index (χ1n) is 7.50. The fourth-order valence-corrected chi connectivity index (χ4v) is 2.33. The quantitative estimate of drug-likeness (QED) is 0.707. The maximum atomic E-state index is 11.9. The van der Waals surface area contributed by atoms with Crippen molar-refractivity contribution in [3.8, 4) is 0 Å². The summed E-state index contributed by atoms with van der Waals surface area (Å²) in [4.78, 5) is 11.9. The van der Waals surface area contributed by atoms with Gasteiger partial charge in [-0.25, -0.2) is 4.79 Å². The molecule has 0 aliphatic carbocycles. The summed E-state index contributed by atoms with van der Waals surface area (Å²) >= 11 is 0. The van der Waals surface area contributed by atoms with Crippen molar-refractivity contribution in [2.45, 2.75) is 6.92 Å². The van der Waals surface area contributed by atoms with E-state index in [1.165, 1.54) is 5.56 Å². The summed E-state index contributed by atoms with van der Waals surface area (Å²) in [6.45, 7) is 2.04. The number of hydrogen-bond donors (Lipinski definition) is 2. The van der Waals surface area contributed by atoms with E-state index in [1.807, 2.05) is 79.7 Å². The van der Waals surface area contributed by atoms with Gasteiger partial charge in [-0.2, -0.15) is 0 Å². The van der Waals surface area contributed by atoms with E-state index in [-0.39, 0.29) is 6.03 Å². The van der Waals surface area contributed by atoms with E-state index in [4.69, 9.17) is 0 Å². The van der Waals surface area contributed by atoms with E-state index in [0.29, 0.717) is 0 Å². The third-order valence-electron chi connectivity index (χ3n) is 3.57. The molecule has 3 rings (SSSR count). The van der Waals surface area contributed by atoms with Crippen molar-refractivity contribution in [2.24, 2.45) is 0 Å². The van der Waals surface area contributed by atoms with Crippen molar-refractivity contribution >= 4 is 28.6 Å². The number of benzene rings is 3. The fourth-order valence-electron chi connectivity index (χ4n) is 2.33. The van der Waals surface area contributed by atoms with Crippen LogP contribution in [0, 0.1) is 6.92 Å². The second-order valence-electron chi connectivity index (χ2n) is 5.40. The smallest absolute Gasteiger partial charge is 0.314 e. The molecular formula is C20H18N2O. The molecule has 3 aromatic carbocycles. The van der Waals surface area contributed by atoms with E-state index < -0.39 is 0 Å². The molecule has 2 amide bonds. The summed E-state index contributed by atoms with van der Waals surface area (Å²) < 4.78 is 0. The van der Waals surface area contributed by atoms with Crippen molar-refractivity contribution in [1.82, 2.24) is 5.32 Å². The number of hydrogen-bond acceptors (Lipinski definition) is 1. The number of amides is 2. The van der Waals surface area contributed by atoms with Gasteiger partial charge in [-0.1, -0.05) is 60.2 Å². The Kier molecular flexibility index (Phi) is 4.39. The molecule has 0 atom stereocenters. The molecule has 0 unspecified atom stereocenters. The van der Waals surface area contributed by atoms with Gasteiger partial charge in [0.25, 0.3) is 0 Å². The van der Waals surface area contributed by atoms with Crippen LogP contribution in [0.3, 0.4) is 0 Å². The summed E-state index contributed by atoms with van der Waals surface area (Å²) in [6.07, 6.45) is 3.50. The first-order valence-corrected chi connectivity index (χ1v) is 7.50. The molecule has 0 saturated carbocycles. The Balaban J connectivity index is 1.60. The molecule has 0 saturated heterocycles. The highest BCUT2D eigenvalue weighted by Gasteiger charge is 2.00. The molecule has 0 heterocycles. The van der Waals surface area contributed by atoms with Crippen LogP contribution in [-0.4, -0.2) is 6.03 Å². The number of nitrogens with one attached hydrogen (secondary N) is 2. The second-order valence-corrected chi connectivity index (χ2v) is 5.40. The maximum absolute atomic E-state index is 11.9. The Hall–Kier alpha value is -3.07. The third kappa shape index (κ3) is 3.98. The van der Waals surface area contributed by atoms with Crippen molar-refractivity contribution < 1.29 is 4.79 Å². The van der Waals surface area contributed by atoms with Crippen LogP contribution in [0.1, 0.15) is 11.1 Å². The number of anilines is 1. The molecular weight excluding hydrogens is 284 g/mol.